The third kappa shape index (κ3) is 23.5. The molecule has 2 aromatic carbocycles. The molecule has 0 amide bonds. The van der Waals surface area contributed by atoms with Gasteiger partial charge in [-0.3, -0.25) is 18.8 Å². The first kappa shape index (κ1) is 17.3. The molecular formula is C28H34Br3FK2N2O7. The Balaban J connectivity index is -0.000000466. The first-order chi connectivity index (χ1) is 30.2. The zero-order valence-corrected chi connectivity index (χ0v) is 32.7. The van der Waals surface area contributed by atoms with Gasteiger partial charge in [-0.2, -0.15) is 0 Å². The number of ether oxygens (including phenoxy) is 1. The summed E-state index contributed by atoms with van der Waals surface area (Å²) in [6.45, 7) is -3.83. The van der Waals surface area contributed by atoms with E-state index in [1.807, 2.05) is 0 Å². The Bertz CT molecular complexity index is 2570. The molecule has 9 nitrogen and oxygen atoms in total. The number of aromatic hydroxyl groups is 1. The Kier molecular flexibility index (Phi) is 13.0. The number of benzene rings is 2. The smallest absolute Gasteiger partial charge is 1.00 e. The van der Waals surface area contributed by atoms with Crippen LogP contribution in [-0.4, -0.2) is 51.1 Å². The summed E-state index contributed by atoms with van der Waals surface area (Å²) >= 11 is 7.04. The van der Waals surface area contributed by atoms with Crippen molar-refractivity contribution in [3.05, 3.63) is 81.1 Å². The normalized spacial score (nSPS) is 20.7. The van der Waals surface area contributed by atoms with Crippen LogP contribution in [-0.2, 0) is 9.68 Å². The second-order valence-electron chi connectivity index (χ2n) is 5.52. The molecule has 0 saturated heterocycles. The van der Waals surface area contributed by atoms with Crippen molar-refractivity contribution in [3.8, 4) is 11.5 Å². The standard InChI is InChI=1S/C13H14BrNO2.C9H7NO2.C4H8Br2.CH3F.CH2O3.2K.H/c14-7-1-2-8-17-11-5-3-10-4-6-13(16)15-12(10)9-11;11-7-3-1-6-2-4-9(12)10-8(6)5-7;5-3-1-2-4-6;1-2;2-1-4-3;;;/h3-6,9H,1-2,7-8H2,(H,15,16);1-5,11H,(H,10,12);1-4H2;1H3;1,3H;;;/q;;;;;2*+1;-1/p-1/i1D2,2D2,3D,4D,5D,6D,7D2,8D2,9D;1D,2D,3D,4D,5D;1D2,2D2,3D2,4D2;1D;;;;. The SMILES string of the molecule is O=CO[O-].[2H]C([2H])(Br)C([2H])([2H])C([2H])([2H])C([2H])([2H])Br.[2H]CF.[2H]c1c(O)c([2H])c2[nH]c(=O)c([2H])c([2H])c2c1[2H].[2H]c1c(OC([2H])([2H])C([2H])([2H])C([2H])([2H])C([2H])([2H])Br)c([2H])c2[nH]c(=O)c([2H])c([2H])c2c1[2H].[H-].[K+].[K+]. The summed E-state index contributed by atoms with van der Waals surface area (Å²) in [5, 5.41) is 8.86. The van der Waals surface area contributed by atoms with Gasteiger partial charge in [0.1, 0.15) is 11.5 Å². The molecule has 0 saturated carbocycles. The van der Waals surface area contributed by atoms with Crippen LogP contribution >= 0.6 is 47.8 Å². The molecule has 0 radical (unpaired) electrons. The van der Waals surface area contributed by atoms with E-state index < -0.39 is 149 Å². The van der Waals surface area contributed by atoms with Gasteiger partial charge >= 0.3 is 103 Å². The van der Waals surface area contributed by atoms with Crippen molar-refractivity contribution in [2.75, 3.05) is 29.6 Å². The average Bonchev–Trinajstić information content (AvgIpc) is 3.20. The third-order valence-electron chi connectivity index (χ3n) is 3.18. The van der Waals surface area contributed by atoms with Crippen LogP contribution in [0.25, 0.3) is 21.8 Å². The number of aromatic nitrogens is 2. The summed E-state index contributed by atoms with van der Waals surface area (Å²) in [7, 11) is -1.00. The predicted molar refractivity (Wildman–Crippen MR) is 171 cm³/mol. The molecule has 4 rings (SSSR count). The number of carbonyl (C=O) groups is 1. The maximum atomic E-state index is 11.8. The van der Waals surface area contributed by atoms with Gasteiger partial charge in [-0.1, -0.05) is 47.8 Å². The number of hydrogen-bond acceptors (Lipinski definition) is 7. The minimum absolute atomic E-state index is 0. The van der Waals surface area contributed by atoms with Crippen LogP contribution in [0.2, 0.25) is 0 Å². The molecular weight excluding hydrogens is 813 g/mol. The van der Waals surface area contributed by atoms with Crippen LogP contribution < -0.4 is 124 Å². The molecule has 3 N–H and O–H groups in total. The molecule has 2 aromatic heterocycles. The number of alkyl halides is 4. The third-order valence-corrected chi connectivity index (χ3v) is 3.77. The molecule has 2 heterocycles. The molecule has 0 aliphatic rings. The number of carbonyl (C=O) groups excluding carboxylic acids is 1. The average molecular weight is 875 g/mol. The number of rotatable bonds is 9. The second kappa shape index (κ2) is 32.5. The molecule has 0 fully saturated rings. The van der Waals surface area contributed by atoms with Gasteiger partial charge in [0.15, 0.2) is 0 Å². The molecule has 0 bridgehead atoms. The first-order valence-corrected chi connectivity index (χ1v) is 11.9. The van der Waals surface area contributed by atoms with Crippen LogP contribution in [0.4, 0.5) is 4.39 Å². The van der Waals surface area contributed by atoms with Gasteiger partial charge in [-0.15, -0.1) is 0 Å². The molecule has 0 spiro atoms. The fourth-order valence-corrected chi connectivity index (χ4v) is 2.21. The number of hydrogen-bond donors (Lipinski definition) is 3. The number of halogens is 4. The molecule has 0 unspecified atom stereocenters. The Labute approximate surface area is 399 Å². The molecule has 15 heteroatoms. The van der Waals surface area contributed by atoms with Gasteiger partial charge in [0, 0.05) is 59.2 Å². The van der Waals surface area contributed by atoms with Crippen LogP contribution in [0, 0.1) is 0 Å². The van der Waals surface area contributed by atoms with Gasteiger partial charge in [0.2, 0.25) is 11.1 Å². The van der Waals surface area contributed by atoms with Crippen molar-refractivity contribution >= 4 is 76.1 Å². The van der Waals surface area contributed by atoms with E-state index in [1.54, 1.807) is 0 Å². The number of pyridine rings is 2. The number of H-pyrrole nitrogens is 2. The van der Waals surface area contributed by atoms with Crippen LogP contribution in [0.1, 0.15) is 63.9 Å². The van der Waals surface area contributed by atoms with E-state index >= 15 is 0 Å². The maximum Gasteiger partial charge on any atom is 1.00 e. The number of fused-ring (bicyclic) bond motifs is 2. The molecule has 228 valence electrons. The van der Waals surface area contributed by atoms with E-state index in [-0.39, 0.29) is 122 Å². The number of nitrogens with one attached hydrogen (secondary N) is 2. The van der Waals surface area contributed by atoms with Gasteiger partial charge in [0.05, 0.1) is 42.6 Å². The summed E-state index contributed by atoms with van der Waals surface area (Å²) in [6.07, 6.45) is -13.2. The largest absolute Gasteiger partial charge is 1.00 e. The summed E-state index contributed by atoms with van der Waals surface area (Å²) in [6, 6.07) is -6.96. The van der Waals surface area contributed by atoms with Gasteiger partial charge < -0.3 is 31.4 Å². The van der Waals surface area contributed by atoms with Crippen LogP contribution in [0.3, 0.4) is 0 Å². The van der Waals surface area contributed by atoms with Crippen molar-refractivity contribution in [1.29, 1.82) is 0 Å². The number of phenolic OH excluding ortho intramolecular Hbond substituents is 1. The molecule has 0 aliphatic heterocycles. The van der Waals surface area contributed by atoms with Crippen molar-refractivity contribution < 1.29 is 170 Å². The van der Waals surface area contributed by atoms with Crippen molar-refractivity contribution in [2.45, 2.75) is 25.5 Å². The fraction of sp³-hybridized carbons (Fsp3) is 0.321. The molecule has 43 heavy (non-hydrogen) atoms. The summed E-state index contributed by atoms with van der Waals surface area (Å²) in [5.74, 6) is -1.75. The topological polar surface area (TPSA) is 145 Å². The Hall–Kier alpha value is 0.533. The van der Waals surface area contributed by atoms with Crippen molar-refractivity contribution in [2.24, 2.45) is 0 Å². The van der Waals surface area contributed by atoms with E-state index in [9.17, 15) is 19.1 Å². The van der Waals surface area contributed by atoms with E-state index in [4.69, 9.17) is 51.8 Å². The molecule has 4 aromatic rings. The summed E-state index contributed by atoms with van der Waals surface area (Å²) in [5.41, 5.74) is -2.68. The van der Waals surface area contributed by atoms with Crippen LogP contribution in [0.15, 0.2) is 70.0 Å². The molecule has 0 atom stereocenters. The maximum absolute atomic E-state index is 11.8. The second-order valence-corrected chi connectivity index (χ2v) is 6.71. The van der Waals surface area contributed by atoms with E-state index in [0.29, 0.717) is 0 Å². The number of phenols is 1. The molecule has 0 aliphatic carbocycles. The number of aromatic amines is 2. The Morgan fingerprint density at radius 1 is 0.907 bits per heavy atom. The summed E-state index contributed by atoms with van der Waals surface area (Å²) in [4.78, 5) is 38.5. The Morgan fingerprint density at radius 3 is 1.79 bits per heavy atom. The van der Waals surface area contributed by atoms with Crippen molar-refractivity contribution in [3.63, 3.8) is 0 Å². The zero-order valence-electron chi connectivity index (χ0n) is 49.7. The van der Waals surface area contributed by atoms with Gasteiger partial charge in [-0.05, 0) is 72.5 Å². The van der Waals surface area contributed by atoms with Gasteiger partial charge in [0.25, 0.3) is 6.47 Å². The van der Waals surface area contributed by atoms with E-state index in [2.05, 4.69) is 62.6 Å². The minimum atomic E-state index is -3.68. The van der Waals surface area contributed by atoms with E-state index in [0.717, 1.165) is 0 Å². The van der Waals surface area contributed by atoms with Crippen molar-refractivity contribution in [1.82, 2.24) is 9.97 Å². The minimum Gasteiger partial charge on any atom is -1.00 e. The monoisotopic (exact) mass is 871 g/mol. The quantitative estimate of drug-likeness (QED) is 0.0708. The Morgan fingerprint density at radius 2 is 1.33 bits per heavy atom. The summed E-state index contributed by atoms with van der Waals surface area (Å²) < 4.78 is 216. The fourth-order valence-electron chi connectivity index (χ4n) is 1.91. The van der Waals surface area contributed by atoms with Gasteiger partial charge in [-0.25, -0.2) is 0 Å². The van der Waals surface area contributed by atoms with E-state index in [1.165, 1.54) is 0 Å². The van der Waals surface area contributed by atoms with Crippen LogP contribution in [0.5, 0.6) is 11.5 Å². The first-order valence-electron chi connectivity index (χ1n) is 23.2. The zero-order chi connectivity index (χ0) is 54.6. The predicted octanol–water partition coefficient (Wildman–Crippen LogP) is 0.0130.